The molecule has 2 nitrogen and oxygen atoms in total. The molecule has 1 aromatic carbocycles. The third kappa shape index (κ3) is 3.28. The van der Waals surface area contributed by atoms with Gasteiger partial charge in [0, 0.05) is 34.6 Å². The van der Waals surface area contributed by atoms with Gasteiger partial charge in [-0.25, -0.2) is 0 Å². The van der Waals surface area contributed by atoms with Gasteiger partial charge in [-0.1, -0.05) is 36.7 Å². The summed E-state index contributed by atoms with van der Waals surface area (Å²) >= 11 is 7.21. The Labute approximate surface area is 126 Å². The van der Waals surface area contributed by atoms with Gasteiger partial charge in [0.1, 0.15) is 0 Å². The van der Waals surface area contributed by atoms with Crippen LogP contribution in [0.2, 0.25) is 0 Å². The van der Waals surface area contributed by atoms with Gasteiger partial charge >= 0.3 is 0 Å². The van der Waals surface area contributed by atoms with Gasteiger partial charge < -0.3 is 10.2 Å². The van der Waals surface area contributed by atoms with Crippen LogP contribution in [0.1, 0.15) is 20.8 Å². The van der Waals surface area contributed by atoms with E-state index in [-0.39, 0.29) is 5.41 Å². The second-order valence-electron chi connectivity index (χ2n) is 5.91. The van der Waals surface area contributed by atoms with E-state index >= 15 is 0 Å². The second kappa shape index (κ2) is 5.51. The minimum Gasteiger partial charge on any atom is -0.368 e. The van der Waals surface area contributed by atoms with Gasteiger partial charge in [0.25, 0.3) is 0 Å². The normalized spacial score (nSPS) is 21.2. The van der Waals surface area contributed by atoms with Gasteiger partial charge in [-0.05, 0) is 39.5 Å². The van der Waals surface area contributed by atoms with E-state index in [1.807, 2.05) is 0 Å². The number of anilines is 1. The number of hydrogen-bond acceptors (Lipinski definition) is 2. The number of hydrogen-bond donors (Lipinski definition) is 1. The maximum atomic E-state index is 3.65. The number of rotatable bonds is 1. The van der Waals surface area contributed by atoms with Crippen LogP contribution in [0.5, 0.6) is 0 Å². The average Bonchev–Trinajstić information content (AvgIpc) is 2.31. The van der Waals surface area contributed by atoms with Crippen LogP contribution in [0.25, 0.3) is 0 Å². The Hall–Kier alpha value is -0.0600. The van der Waals surface area contributed by atoms with E-state index < -0.39 is 0 Å². The Bertz CT molecular complexity index is 426. The zero-order valence-electron chi connectivity index (χ0n) is 11.1. The van der Waals surface area contributed by atoms with Crippen LogP contribution < -0.4 is 10.2 Å². The van der Waals surface area contributed by atoms with Crippen LogP contribution >= 0.6 is 31.9 Å². The van der Waals surface area contributed by atoms with Crippen molar-refractivity contribution in [2.75, 3.05) is 24.5 Å². The number of halogens is 2. The van der Waals surface area contributed by atoms with Crippen molar-refractivity contribution in [1.82, 2.24) is 5.32 Å². The maximum absolute atomic E-state index is 3.65. The van der Waals surface area contributed by atoms with E-state index in [1.165, 1.54) is 10.2 Å². The minimum absolute atomic E-state index is 0.289. The third-order valence-electron chi connectivity index (χ3n) is 3.47. The zero-order chi connectivity index (χ0) is 13.3. The highest BCUT2D eigenvalue weighted by atomic mass is 79.9. The van der Waals surface area contributed by atoms with Crippen LogP contribution in [-0.2, 0) is 0 Å². The van der Waals surface area contributed by atoms with Crippen molar-refractivity contribution in [3.05, 3.63) is 27.1 Å². The van der Waals surface area contributed by atoms with Crippen LogP contribution in [0.4, 0.5) is 5.69 Å². The predicted octanol–water partition coefficient (Wildman–Crippen LogP) is 4.04. The van der Waals surface area contributed by atoms with Crippen molar-refractivity contribution in [2.45, 2.75) is 26.8 Å². The van der Waals surface area contributed by atoms with Gasteiger partial charge in [0.15, 0.2) is 0 Å². The minimum atomic E-state index is 0.289. The molecule has 0 bridgehead atoms. The summed E-state index contributed by atoms with van der Waals surface area (Å²) in [5.74, 6) is 0. The monoisotopic (exact) mass is 374 g/mol. The number of benzene rings is 1. The van der Waals surface area contributed by atoms with E-state index in [0.717, 1.165) is 24.1 Å². The lowest BCUT2D eigenvalue weighted by Gasteiger charge is -2.41. The van der Waals surface area contributed by atoms with E-state index in [9.17, 15) is 0 Å². The molecular weight excluding hydrogens is 356 g/mol. The van der Waals surface area contributed by atoms with Crippen molar-refractivity contribution < 1.29 is 0 Å². The average molecular weight is 376 g/mol. The lowest BCUT2D eigenvalue weighted by molar-refractivity contribution is 0.254. The molecule has 1 aromatic rings. The molecule has 0 aromatic heterocycles. The standard InChI is InChI=1S/C14H20Br2N2/c1-14(2,3)13-9-18(7-6-17-13)12-8-10(15)4-5-11(12)16/h4-5,8,13,17H,6-7,9H2,1-3H3. The highest BCUT2D eigenvalue weighted by molar-refractivity contribution is 9.11. The molecule has 1 aliphatic rings. The first-order valence-corrected chi connectivity index (χ1v) is 7.90. The molecular formula is C14H20Br2N2. The van der Waals surface area contributed by atoms with Crippen LogP contribution in [0.15, 0.2) is 27.1 Å². The van der Waals surface area contributed by atoms with E-state index in [4.69, 9.17) is 0 Å². The van der Waals surface area contributed by atoms with Crippen molar-refractivity contribution >= 4 is 37.5 Å². The molecule has 1 aliphatic heterocycles. The molecule has 0 spiro atoms. The van der Waals surface area contributed by atoms with Crippen molar-refractivity contribution in [3.8, 4) is 0 Å². The van der Waals surface area contributed by atoms with Crippen LogP contribution in [0.3, 0.4) is 0 Å². The Morgan fingerprint density at radius 1 is 1.28 bits per heavy atom. The Morgan fingerprint density at radius 3 is 2.67 bits per heavy atom. The van der Waals surface area contributed by atoms with Gasteiger partial charge in [-0.2, -0.15) is 0 Å². The van der Waals surface area contributed by atoms with Gasteiger partial charge in [0.05, 0.1) is 5.69 Å². The van der Waals surface area contributed by atoms with E-state index in [2.05, 4.69) is 81.0 Å². The molecule has 18 heavy (non-hydrogen) atoms. The molecule has 1 atom stereocenters. The lowest BCUT2D eigenvalue weighted by atomic mass is 9.85. The molecule has 2 rings (SSSR count). The SMILES string of the molecule is CC(C)(C)C1CN(c2cc(Br)ccc2Br)CCN1. The zero-order valence-corrected chi connectivity index (χ0v) is 14.3. The quantitative estimate of drug-likeness (QED) is 0.796. The molecule has 1 N–H and O–H groups in total. The topological polar surface area (TPSA) is 15.3 Å². The fourth-order valence-electron chi connectivity index (χ4n) is 2.28. The number of nitrogens with zero attached hydrogens (tertiary/aromatic N) is 1. The van der Waals surface area contributed by atoms with E-state index in [1.54, 1.807) is 0 Å². The first-order valence-electron chi connectivity index (χ1n) is 6.31. The van der Waals surface area contributed by atoms with Gasteiger partial charge in [0.2, 0.25) is 0 Å². The summed E-state index contributed by atoms with van der Waals surface area (Å²) in [6.07, 6.45) is 0. The van der Waals surface area contributed by atoms with Crippen LogP contribution in [0, 0.1) is 5.41 Å². The first-order chi connectivity index (χ1) is 8.38. The largest absolute Gasteiger partial charge is 0.368 e. The Kier molecular flexibility index (Phi) is 4.40. The fraction of sp³-hybridized carbons (Fsp3) is 0.571. The predicted molar refractivity (Wildman–Crippen MR) is 85.3 cm³/mol. The first kappa shape index (κ1) is 14.4. The summed E-state index contributed by atoms with van der Waals surface area (Å²) in [7, 11) is 0. The maximum Gasteiger partial charge on any atom is 0.0522 e. The smallest absolute Gasteiger partial charge is 0.0522 e. The molecule has 1 heterocycles. The number of nitrogens with one attached hydrogen (secondary N) is 1. The summed E-state index contributed by atoms with van der Waals surface area (Å²) in [6.45, 7) is 10.0. The molecule has 100 valence electrons. The summed E-state index contributed by atoms with van der Waals surface area (Å²) in [6, 6.07) is 6.89. The Morgan fingerprint density at radius 2 is 2.00 bits per heavy atom. The molecule has 0 saturated carbocycles. The molecule has 0 aliphatic carbocycles. The summed E-state index contributed by atoms with van der Waals surface area (Å²) in [5.41, 5.74) is 1.57. The highest BCUT2D eigenvalue weighted by Crippen LogP contribution is 2.32. The summed E-state index contributed by atoms with van der Waals surface area (Å²) < 4.78 is 2.30. The molecule has 1 unspecified atom stereocenters. The number of piperazine rings is 1. The fourth-order valence-corrected chi connectivity index (χ4v) is 3.12. The second-order valence-corrected chi connectivity index (χ2v) is 7.68. The van der Waals surface area contributed by atoms with Gasteiger partial charge in [-0.15, -0.1) is 0 Å². The third-order valence-corrected chi connectivity index (χ3v) is 4.63. The lowest BCUT2D eigenvalue weighted by Crippen LogP contribution is -2.56. The van der Waals surface area contributed by atoms with Crippen LogP contribution in [-0.4, -0.2) is 25.7 Å². The van der Waals surface area contributed by atoms with Crippen molar-refractivity contribution in [1.29, 1.82) is 0 Å². The Balaban J connectivity index is 2.21. The molecule has 4 heteroatoms. The van der Waals surface area contributed by atoms with Crippen molar-refractivity contribution in [3.63, 3.8) is 0 Å². The molecule has 1 saturated heterocycles. The summed E-state index contributed by atoms with van der Waals surface area (Å²) in [4.78, 5) is 2.46. The van der Waals surface area contributed by atoms with Gasteiger partial charge in [-0.3, -0.25) is 0 Å². The molecule has 1 fully saturated rings. The van der Waals surface area contributed by atoms with Crippen molar-refractivity contribution in [2.24, 2.45) is 5.41 Å². The molecule has 0 radical (unpaired) electrons. The summed E-state index contributed by atoms with van der Waals surface area (Å²) in [5, 5.41) is 3.62. The van der Waals surface area contributed by atoms with E-state index in [0.29, 0.717) is 6.04 Å². The molecule has 0 amide bonds. The highest BCUT2D eigenvalue weighted by Gasteiger charge is 2.29.